The number of hydrogen-bond acceptors (Lipinski definition) is 2. The van der Waals surface area contributed by atoms with E-state index in [0.29, 0.717) is 12.4 Å². The third-order valence-corrected chi connectivity index (χ3v) is 2.85. The van der Waals surface area contributed by atoms with Crippen molar-refractivity contribution in [1.82, 2.24) is 0 Å². The van der Waals surface area contributed by atoms with Crippen molar-refractivity contribution in [2.75, 3.05) is 13.7 Å². The smallest absolute Gasteiger partial charge is 0.145 e. The number of hydrogen-bond donors (Lipinski definition) is 1. The molecule has 0 saturated heterocycles. The van der Waals surface area contributed by atoms with E-state index in [9.17, 15) is 0 Å². The molecule has 0 unspecified atom stereocenters. The Bertz CT molecular complexity index is 532. The van der Waals surface area contributed by atoms with Crippen molar-refractivity contribution >= 4 is 5.84 Å². The van der Waals surface area contributed by atoms with Crippen molar-refractivity contribution < 1.29 is 4.74 Å². The van der Waals surface area contributed by atoms with Crippen LogP contribution in [0.5, 0.6) is 5.75 Å². The van der Waals surface area contributed by atoms with Crippen LogP contribution >= 0.6 is 0 Å². The Morgan fingerprint density at radius 3 is 2.26 bits per heavy atom. The highest BCUT2D eigenvalue weighted by molar-refractivity contribution is 5.81. The second kappa shape index (κ2) is 6.59. The maximum absolute atomic E-state index is 5.58. The van der Waals surface area contributed by atoms with Crippen LogP contribution in [0.25, 0.3) is 0 Å². The first-order valence-electron chi connectivity index (χ1n) is 6.25. The zero-order valence-electron chi connectivity index (χ0n) is 11.0. The lowest BCUT2D eigenvalue weighted by Gasteiger charge is -2.07. The SMILES string of the molecule is CN=C(N)COc1ccc(Cc2ccccc2)cc1. The quantitative estimate of drug-likeness (QED) is 0.658. The molecule has 0 fully saturated rings. The average molecular weight is 254 g/mol. The van der Waals surface area contributed by atoms with Crippen LogP contribution in [0.15, 0.2) is 59.6 Å². The molecule has 0 spiro atoms. The number of nitrogens with zero attached hydrogens (tertiary/aromatic N) is 1. The molecule has 0 atom stereocenters. The fraction of sp³-hybridized carbons (Fsp3) is 0.188. The fourth-order valence-electron chi connectivity index (χ4n) is 1.76. The van der Waals surface area contributed by atoms with E-state index in [2.05, 4.69) is 41.4 Å². The highest BCUT2D eigenvalue weighted by Crippen LogP contribution is 2.15. The van der Waals surface area contributed by atoms with Crippen LogP contribution in [-0.2, 0) is 6.42 Å². The molecule has 2 aromatic carbocycles. The van der Waals surface area contributed by atoms with E-state index < -0.39 is 0 Å². The van der Waals surface area contributed by atoms with Gasteiger partial charge in [-0.05, 0) is 29.7 Å². The van der Waals surface area contributed by atoms with Crippen LogP contribution in [0, 0.1) is 0 Å². The first-order chi connectivity index (χ1) is 9.28. The van der Waals surface area contributed by atoms with Gasteiger partial charge in [0.05, 0.1) is 0 Å². The second-order valence-corrected chi connectivity index (χ2v) is 4.31. The molecule has 0 radical (unpaired) electrons. The van der Waals surface area contributed by atoms with Crippen molar-refractivity contribution in [2.24, 2.45) is 10.7 Å². The summed E-state index contributed by atoms with van der Waals surface area (Å²) in [7, 11) is 1.65. The molecule has 2 N–H and O–H groups in total. The van der Waals surface area contributed by atoms with Gasteiger partial charge in [-0.3, -0.25) is 4.99 Å². The molecule has 0 aromatic heterocycles. The van der Waals surface area contributed by atoms with Crippen molar-refractivity contribution in [2.45, 2.75) is 6.42 Å². The van der Waals surface area contributed by atoms with Gasteiger partial charge in [-0.1, -0.05) is 42.5 Å². The van der Waals surface area contributed by atoms with E-state index in [1.807, 2.05) is 18.2 Å². The van der Waals surface area contributed by atoms with E-state index >= 15 is 0 Å². The van der Waals surface area contributed by atoms with Crippen LogP contribution < -0.4 is 10.5 Å². The summed E-state index contributed by atoms with van der Waals surface area (Å²) in [5.74, 6) is 1.30. The fourth-order valence-corrected chi connectivity index (χ4v) is 1.76. The summed E-state index contributed by atoms with van der Waals surface area (Å²) < 4.78 is 5.51. The summed E-state index contributed by atoms with van der Waals surface area (Å²) in [5.41, 5.74) is 8.14. The molecule has 19 heavy (non-hydrogen) atoms. The lowest BCUT2D eigenvalue weighted by molar-refractivity contribution is 0.375. The molecule has 98 valence electrons. The lowest BCUT2D eigenvalue weighted by Crippen LogP contribution is -2.20. The summed E-state index contributed by atoms with van der Waals surface area (Å²) in [6.45, 7) is 0.328. The van der Waals surface area contributed by atoms with E-state index in [1.54, 1.807) is 7.05 Å². The van der Waals surface area contributed by atoms with Gasteiger partial charge in [0.15, 0.2) is 0 Å². The number of rotatable bonds is 5. The highest BCUT2D eigenvalue weighted by Gasteiger charge is 1.98. The van der Waals surface area contributed by atoms with Gasteiger partial charge in [0, 0.05) is 7.05 Å². The number of ether oxygens (including phenoxy) is 1. The summed E-state index contributed by atoms with van der Waals surface area (Å²) in [6.07, 6.45) is 0.930. The van der Waals surface area contributed by atoms with Crippen LogP contribution in [0.4, 0.5) is 0 Å². The van der Waals surface area contributed by atoms with Crippen LogP contribution in [0.3, 0.4) is 0 Å². The summed E-state index contributed by atoms with van der Waals surface area (Å²) >= 11 is 0. The van der Waals surface area contributed by atoms with Gasteiger partial charge in [-0.2, -0.15) is 0 Å². The van der Waals surface area contributed by atoms with Crippen LogP contribution in [-0.4, -0.2) is 19.5 Å². The van der Waals surface area contributed by atoms with E-state index in [-0.39, 0.29) is 0 Å². The molecular weight excluding hydrogens is 236 g/mol. The molecule has 0 heterocycles. The van der Waals surface area contributed by atoms with Gasteiger partial charge >= 0.3 is 0 Å². The first-order valence-corrected chi connectivity index (χ1v) is 6.25. The molecular formula is C16H18N2O. The third-order valence-electron chi connectivity index (χ3n) is 2.85. The van der Waals surface area contributed by atoms with Gasteiger partial charge in [0.1, 0.15) is 18.2 Å². The second-order valence-electron chi connectivity index (χ2n) is 4.31. The third kappa shape index (κ3) is 4.14. The predicted octanol–water partition coefficient (Wildman–Crippen LogP) is 2.64. The Labute approximate surface area is 113 Å². The van der Waals surface area contributed by atoms with Gasteiger partial charge in [0.2, 0.25) is 0 Å². The molecule has 0 amide bonds. The molecule has 0 aliphatic carbocycles. The topological polar surface area (TPSA) is 47.6 Å². The summed E-state index contributed by atoms with van der Waals surface area (Å²) in [4.78, 5) is 3.85. The standard InChI is InChI=1S/C16H18N2O/c1-18-16(17)12-19-15-9-7-14(8-10-15)11-13-5-3-2-4-6-13/h2-10H,11-12H2,1H3,(H2,17,18). The monoisotopic (exact) mass is 254 g/mol. The van der Waals surface area contributed by atoms with Crippen molar-refractivity contribution in [3.05, 3.63) is 65.7 Å². The van der Waals surface area contributed by atoms with E-state index in [4.69, 9.17) is 10.5 Å². The largest absolute Gasteiger partial charge is 0.486 e. The Hall–Kier alpha value is -2.29. The number of aliphatic imine (C=N–C) groups is 1. The number of benzene rings is 2. The maximum Gasteiger partial charge on any atom is 0.145 e. The van der Waals surface area contributed by atoms with Crippen molar-refractivity contribution in [1.29, 1.82) is 0 Å². The van der Waals surface area contributed by atoms with E-state index in [0.717, 1.165) is 12.2 Å². The molecule has 2 rings (SSSR count). The minimum absolute atomic E-state index is 0.328. The Kier molecular flexibility index (Phi) is 4.56. The van der Waals surface area contributed by atoms with Crippen molar-refractivity contribution in [3.8, 4) is 5.75 Å². The Morgan fingerprint density at radius 2 is 1.63 bits per heavy atom. The van der Waals surface area contributed by atoms with Gasteiger partial charge < -0.3 is 10.5 Å². The van der Waals surface area contributed by atoms with Crippen LogP contribution in [0.1, 0.15) is 11.1 Å². The Balaban J connectivity index is 1.95. The number of amidine groups is 1. The lowest BCUT2D eigenvalue weighted by atomic mass is 10.1. The maximum atomic E-state index is 5.58. The van der Waals surface area contributed by atoms with E-state index in [1.165, 1.54) is 11.1 Å². The molecule has 0 bridgehead atoms. The molecule has 2 aromatic rings. The summed E-state index contributed by atoms with van der Waals surface area (Å²) in [6, 6.07) is 18.5. The normalized spacial score (nSPS) is 11.3. The zero-order chi connectivity index (χ0) is 13.5. The molecule has 3 nitrogen and oxygen atoms in total. The molecule has 0 aliphatic heterocycles. The Morgan fingerprint density at radius 1 is 1.00 bits per heavy atom. The number of nitrogens with two attached hydrogens (primary N) is 1. The average Bonchev–Trinajstić information content (AvgIpc) is 2.47. The molecule has 3 heteroatoms. The zero-order valence-corrected chi connectivity index (χ0v) is 11.0. The summed E-state index contributed by atoms with van der Waals surface area (Å²) in [5, 5.41) is 0. The minimum Gasteiger partial charge on any atom is -0.486 e. The van der Waals surface area contributed by atoms with Gasteiger partial charge in [0.25, 0.3) is 0 Å². The van der Waals surface area contributed by atoms with Crippen LogP contribution in [0.2, 0.25) is 0 Å². The van der Waals surface area contributed by atoms with Gasteiger partial charge in [-0.15, -0.1) is 0 Å². The first kappa shape index (κ1) is 13.1. The van der Waals surface area contributed by atoms with Gasteiger partial charge in [-0.25, -0.2) is 0 Å². The molecule has 0 saturated carbocycles. The predicted molar refractivity (Wildman–Crippen MR) is 78.7 cm³/mol. The molecule has 0 aliphatic rings. The van der Waals surface area contributed by atoms with Crippen molar-refractivity contribution in [3.63, 3.8) is 0 Å². The minimum atomic E-state index is 0.328. The highest BCUT2D eigenvalue weighted by atomic mass is 16.5.